The minimum absolute atomic E-state index is 0.403. The molecule has 0 amide bonds. The number of halogens is 2. The highest BCUT2D eigenvalue weighted by molar-refractivity contribution is 6.37. The number of benzene rings is 1. The molecule has 2 aromatic heterocycles. The highest BCUT2D eigenvalue weighted by Crippen LogP contribution is 2.29. The molecule has 0 atom stereocenters. The molecule has 7 heteroatoms. The largest absolute Gasteiger partial charge is 0.422 e. The zero-order valence-electron chi connectivity index (χ0n) is 13.6. The second kappa shape index (κ2) is 6.41. The van der Waals surface area contributed by atoms with Gasteiger partial charge in [-0.05, 0) is 25.1 Å². The molecule has 0 bridgehead atoms. The van der Waals surface area contributed by atoms with Gasteiger partial charge in [0.05, 0.1) is 10.6 Å². The van der Waals surface area contributed by atoms with E-state index in [9.17, 15) is 4.79 Å². The van der Waals surface area contributed by atoms with Crippen LogP contribution in [0.5, 0.6) is 0 Å². The zero-order chi connectivity index (χ0) is 17.6. The molecule has 0 aliphatic carbocycles. The molecule has 0 N–H and O–H groups in total. The highest BCUT2D eigenvalue weighted by atomic mass is 35.5. The van der Waals surface area contributed by atoms with Crippen molar-refractivity contribution in [2.24, 2.45) is 0 Å². The molecule has 4 rings (SSSR count). The molecule has 0 saturated carbocycles. The van der Waals surface area contributed by atoms with Gasteiger partial charge in [0.2, 0.25) is 0 Å². The zero-order valence-corrected chi connectivity index (χ0v) is 15.1. The fourth-order valence-electron chi connectivity index (χ4n) is 3.14. The predicted molar refractivity (Wildman–Crippen MR) is 97.1 cm³/mol. The van der Waals surface area contributed by atoms with Crippen molar-refractivity contribution in [2.45, 2.75) is 26.4 Å². The van der Waals surface area contributed by atoms with Crippen LogP contribution in [0.2, 0.25) is 10.0 Å². The fraction of sp³-hybridized carbons (Fsp3) is 0.278. The maximum atomic E-state index is 12.4. The summed E-state index contributed by atoms with van der Waals surface area (Å²) in [7, 11) is 0. The van der Waals surface area contributed by atoms with Gasteiger partial charge in [0.1, 0.15) is 11.4 Å². The van der Waals surface area contributed by atoms with Crippen molar-refractivity contribution in [1.29, 1.82) is 0 Å². The van der Waals surface area contributed by atoms with E-state index in [0.29, 0.717) is 39.7 Å². The van der Waals surface area contributed by atoms with E-state index in [4.69, 9.17) is 27.6 Å². The summed E-state index contributed by atoms with van der Waals surface area (Å²) in [5.74, 6) is 0.780. The van der Waals surface area contributed by atoms with Crippen LogP contribution in [-0.4, -0.2) is 21.4 Å². The monoisotopic (exact) mass is 375 g/mol. The van der Waals surface area contributed by atoms with E-state index in [2.05, 4.69) is 14.9 Å². The van der Waals surface area contributed by atoms with E-state index in [1.54, 1.807) is 18.2 Å². The van der Waals surface area contributed by atoms with E-state index >= 15 is 0 Å². The summed E-state index contributed by atoms with van der Waals surface area (Å²) in [5.41, 5.74) is 2.64. The Bertz CT molecular complexity index is 1030. The number of fused-ring (bicyclic) bond motifs is 2. The van der Waals surface area contributed by atoms with E-state index in [1.165, 1.54) is 0 Å². The fourth-order valence-corrected chi connectivity index (χ4v) is 3.60. The average molecular weight is 376 g/mol. The molecule has 1 aliphatic heterocycles. The third-order valence-corrected chi connectivity index (χ3v) is 5.07. The van der Waals surface area contributed by atoms with E-state index in [-0.39, 0.29) is 0 Å². The van der Waals surface area contributed by atoms with Gasteiger partial charge in [0, 0.05) is 53.9 Å². The normalized spacial score (nSPS) is 14.7. The van der Waals surface area contributed by atoms with Crippen molar-refractivity contribution >= 4 is 34.2 Å². The van der Waals surface area contributed by atoms with Gasteiger partial charge in [-0.25, -0.2) is 14.8 Å². The molecule has 25 heavy (non-hydrogen) atoms. The van der Waals surface area contributed by atoms with Gasteiger partial charge < -0.3 is 4.42 Å². The lowest BCUT2D eigenvalue weighted by Gasteiger charge is -2.27. The molecular formula is C18H15Cl2N3O2. The lowest BCUT2D eigenvalue weighted by Crippen LogP contribution is -2.32. The molecule has 3 aromatic rings. The molecule has 0 saturated heterocycles. The summed E-state index contributed by atoms with van der Waals surface area (Å²) < 4.78 is 5.41. The van der Waals surface area contributed by atoms with Crippen LogP contribution in [0.1, 0.15) is 22.6 Å². The number of hydrogen-bond acceptors (Lipinski definition) is 5. The molecule has 128 valence electrons. The van der Waals surface area contributed by atoms with Crippen molar-refractivity contribution < 1.29 is 4.42 Å². The number of aromatic nitrogens is 2. The van der Waals surface area contributed by atoms with Gasteiger partial charge in [0.25, 0.3) is 0 Å². The van der Waals surface area contributed by atoms with Crippen LogP contribution in [0.25, 0.3) is 11.0 Å². The van der Waals surface area contributed by atoms with Crippen LogP contribution in [0.15, 0.2) is 33.6 Å². The van der Waals surface area contributed by atoms with Gasteiger partial charge in [0.15, 0.2) is 0 Å². The second-order valence-corrected chi connectivity index (χ2v) is 6.99. The van der Waals surface area contributed by atoms with Crippen molar-refractivity contribution in [3.8, 4) is 0 Å². The summed E-state index contributed by atoms with van der Waals surface area (Å²) in [6.45, 7) is 3.78. The van der Waals surface area contributed by atoms with Crippen LogP contribution in [0, 0.1) is 6.92 Å². The molecule has 1 aromatic carbocycles. The SMILES string of the molecule is Cc1ncc2c(n1)CCN(Cc1c(Cl)c3cc(Cl)ccc3oc1=O)C2. The lowest BCUT2D eigenvalue weighted by molar-refractivity contribution is 0.239. The summed E-state index contributed by atoms with van der Waals surface area (Å²) >= 11 is 12.5. The second-order valence-electron chi connectivity index (χ2n) is 6.17. The first kappa shape index (κ1) is 16.5. The highest BCUT2D eigenvalue weighted by Gasteiger charge is 2.21. The first-order valence-electron chi connectivity index (χ1n) is 7.96. The Labute approximate surface area is 154 Å². The maximum absolute atomic E-state index is 12.4. The van der Waals surface area contributed by atoms with E-state index in [1.807, 2.05) is 13.1 Å². The van der Waals surface area contributed by atoms with Crippen molar-refractivity contribution in [2.75, 3.05) is 6.54 Å². The van der Waals surface area contributed by atoms with Crippen molar-refractivity contribution in [1.82, 2.24) is 14.9 Å². The van der Waals surface area contributed by atoms with Crippen LogP contribution in [-0.2, 0) is 19.5 Å². The summed E-state index contributed by atoms with van der Waals surface area (Å²) in [4.78, 5) is 23.3. The Morgan fingerprint density at radius 1 is 1.32 bits per heavy atom. The molecule has 5 nitrogen and oxygen atoms in total. The minimum atomic E-state index is -0.411. The van der Waals surface area contributed by atoms with E-state index < -0.39 is 5.63 Å². The number of aryl methyl sites for hydroxylation is 1. The molecule has 3 heterocycles. The Kier molecular flexibility index (Phi) is 4.23. The molecule has 1 aliphatic rings. The topological polar surface area (TPSA) is 59.2 Å². The Morgan fingerprint density at radius 3 is 3.00 bits per heavy atom. The van der Waals surface area contributed by atoms with Crippen molar-refractivity contribution in [3.63, 3.8) is 0 Å². The molecular weight excluding hydrogens is 361 g/mol. The first-order chi connectivity index (χ1) is 12.0. The Morgan fingerprint density at radius 2 is 2.16 bits per heavy atom. The third-order valence-electron chi connectivity index (χ3n) is 4.41. The molecule has 0 unspecified atom stereocenters. The number of hydrogen-bond donors (Lipinski definition) is 0. The summed E-state index contributed by atoms with van der Waals surface area (Å²) in [6.07, 6.45) is 2.68. The summed E-state index contributed by atoms with van der Waals surface area (Å²) in [5, 5.41) is 1.61. The average Bonchev–Trinajstić information content (AvgIpc) is 2.59. The smallest absolute Gasteiger partial charge is 0.342 e. The van der Waals surface area contributed by atoms with E-state index in [0.717, 1.165) is 30.0 Å². The molecule has 0 fully saturated rings. The van der Waals surface area contributed by atoms with Gasteiger partial charge in [-0.3, -0.25) is 4.90 Å². The van der Waals surface area contributed by atoms with Gasteiger partial charge >= 0.3 is 5.63 Å². The third kappa shape index (κ3) is 3.15. The van der Waals surface area contributed by atoms with Gasteiger partial charge in [-0.2, -0.15) is 0 Å². The summed E-state index contributed by atoms with van der Waals surface area (Å²) in [6, 6.07) is 5.05. The predicted octanol–water partition coefficient (Wildman–Crippen LogP) is 3.76. The molecule has 0 radical (unpaired) electrons. The lowest BCUT2D eigenvalue weighted by atomic mass is 10.1. The Hall–Kier alpha value is -1.95. The van der Waals surface area contributed by atoms with Crippen LogP contribution in [0.3, 0.4) is 0 Å². The molecule has 0 spiro atoms. The quantitative estimate of drug-likeness (QED) is 0.638. The van der Waals surface area contributed by atoms with Crippen LogP contribution >= 0.6 is 23.2 Å². The van der Waals surface area contributed by atoms with Crippen molar-refractivity contribution in [3.05, 3.63) is 67.5 Å². The standard InChI is InChI=1S/C18H15Cl2N3O2/c1-10-21-7-11-8-23(5-4-15(11)22-10)9-14-17(20)13-6-12(19)2-3-16(13)25-18(14)24/h2-3,6-7H,4-5,8-9H2,1H3. The first-order valence-corrected chi connectivity index (χ1v) is 8.71. The van der Waals surface area contributed by atoms with Gasteiger partial charge in [-0.15, -0.1) is 0 Å². The number of nitrogens with zero attached hydrogens (tertiary/aromatic N) is 3. The number of rotatable bonds is 2. The van der Waals surface area contributed by atoms with Gasteiger partial charge in [-0.1, -0.05) is 23.2 Å². The van der Waals surface area contributed by atoms with Crippen LogP contribution < -0.4 is 5.63 Å². The minimum Gasteiger partial charge on any atom is -0.422 e. The maximum Gasteiger partial charge on any atom is 0.342 e. The Balaban J connectivity index is 1.67. The van der Waals surface area contributed by atoms with Crippen LogP contribution in [0.4, 0.5) is 0 Å².